The zero-order chi connectivity index (χ0) is 93.2. The van der Waals surface area contributed by atoms with E-state index in [2.05, 4.69) is 177 Å². The zero-order valence-corrected chi connectivity index (χ0v) is 80.9. The number of primary amides is 1. The third-order valence-electron chi connectivity index (χ3n) is 17.6. The van der Waals surface area contributed by atoms with Crippen molar-refractivity contribution in [3.8, 4) is 5.69 Å². The van der Waals surface area contributed by atoms with Gasteiger partial charge in [0.15, 0.2) is 0 Å². The first-order valence-corrected chi connectivity index (χ1v) is 48.7. The molecule has 0 bridgehead atoms. The fraction of sp³-hybridized carbons (Fsp3) is 0.557. The third kappa shape index (κ3) is 54.1. The Morgan fingerprint density at radius 3 is 1.15 bits per heavy atom. The number of benzene rings is 5. The average molecular weight is 1840 g/mol. The van der Waals surface area contributed by atoms with Crippen molar-refractivity contribution in [3.63, 3.8) is 0 Å². The average Bonchev–Trinajstić information content (AvgIpc) is 1.68. The Morgan fingerprint density at radius 2 is 0.806 bits per heavy atom. The molecular formula is C88H148N19O11S6-5. The summed E-state index contributed by atoms with van der Waals surface area (Å²) in [5.74, 6) is -0.227. The number of hydrogen-bond acceptors (Lipinski definition) is 27. The van der Waals surface area contributed by atoms with Gasteiger partial charge in [0, 0.05) is 137 Å². The van der Waals surface area contributed by atoms with Gasteiger partial charge in [0.1, 0.15) is 6.04 Å². The standard InChI is InChI=1S/C16H26N4O.C14H20N4.C13H20N4S.C13H19N3.C12H18N4.5C4H10O2S/c17-10-2-1-3-11-19-13-6-8-14(9-7-13)20-12-4-5-15(20)16(18)21;15-9-2-1-3-10-16-13-5-7-14(8-6-13)18-12-4-11-17-18;14-8-2-1-3-9-15-12-6-4-11(5-7-12)13-10-18-17-16-13;14-7-2-1-3-8-15-12-4-5-13-11(10-12)6-9-16-13;13-6-2-1-3-7-14-11-4-5-12-10(8-11)9-15-16-12;5*1-4(2,3)7(5)6/h6-9,15,19H,1-5,10-12,17H2,(H2,18,21);4-8,11-12,16H,1-3,9-10,15H2;4-7,10,15-17H,1-3,8-9,14H2;4-6,9-10,15-16H,1-3,7-8,14H2;4-5,8-9,14H,1-3,6-7,13H2,(H,15,16);5*1-3H3,(H,5,6)/p-5. The lowest BCUT2D eigenvalue weighted by molar-refractivity contribution is -0.119. The lowest BCUT2D eigenvalue weighted by atomic mass is 10.1. The first-order chi connectivity index (χ1) is 58.5. The van der Waals surface area contributed by atoms with E-state index in [1.165, 1.54) is 72.8 Å². The second-order valence-electron chi connectivity index (χ2n) is 33.8. The van der Waals surface area contributed by atoms with E-state index < -0.39 is 79.1 Å². The van der Waals surface area contributed by atoms with Crippen LogP contribution in [0.3, 0.4) is 0 Å². The van der Waals surface area contributed by atoms with Crippen LogP contribution in [0.5, 0.6) is 0 Å². The summed E-state index contributed by atoms with van der Waals surface area (Å²) in [6.07, 6.45) is 26.7. The van der Waals surface area contributed by atoms with Crippen molar-refractivity contribution in [3.05, 3.63) is 157 Å². The summed E-state index contributed by atoms with van der Waals surface area (Å²) >= 11 is -8.11. The van der Waals surface area contributed by atoms with Gasteiger partial charge in [-0.25, -0.2) is 4.68 Å². The van der Waals surface area contributed by atoms with Crippen LogP contribution < -0.4 is 76.1 Å². The van der Waals surface area contributed by atoms with E-state index in [1.54, 1.807) is 122 Å². The molecule has 1 fully saturated rings. The fourth-order valence-electron chi connectivity index (χ4n) is 10.0. The molecular weight excluding hydrogens is 1690 g/mol. The minimum atomic E-state index is -1.93. The second kappa shape index (κ2) is 64.5. The number of amides is 1. The Labute approximate surface area is 757 Å². The Morgan fingerprint density at radius 1 is 0.460 bits per heavy atom. The van der Waals surface area contributed by atoms with Crippen LogP contribution in [0.15, 0.2) is 152 Å². The van der Waals surface area contributed by atoms with Gasteiger partial charge in [0.2, 0.25) is 5.91 Å². The summed E-state index contributed by atoms with van der Waals surface area (Å²) in [6.45, 7) is 34.6. The van der Waals surface area contributed by atoms with Gasteiger partial charge in [-0.05, 0) is 396 Å². The number of rotatable bonds is 34. The molecule has 1 saturated heterocycles. The van der Waals surface area contributed by atoms with Crippen LogP contribution >= 0.6 is 11.9 Å². The van der Waals surface area contributed by atoms with Crippen molar-refractivity contribution in [2.24, 2.45) is 34.4 Å². The molecule has 30 nitrogen and oxygen atoms in total. The van der Waals surface area contributed by atoms with Crippen LogP contribution in [-0.4, -0.2) is 176 Å². The number of unbranched alkanes of at least 4 members (excludes halogenated alkanes) is 10. The summed E-state index contributed by atoms with van der Waals surface area (Å²) in [6, 6.07) is 41.5. The molecule has 0 spiro atoms. The van der Waals surface area contributed by atoms with Gasteiger partial charge in [-0.15, -0.1) is 0 Å². The summed E-state index contributed by atoms with van der Waals surface area (Å²) in [4.78, 5) is 19.7. The Hall–Kier alpha value is -7.21. The van der Waals surface area contributed by atoms with Crippen molar-refractivity contribution >= 4 is 135 Å². The van der Waals surface area contributed by atoms with E-state index in [0.29, 0.717) is 0 Å². The minimum absolute atomic E-state index is 0.153. The van der Waals surface area contributed by atoms with Crippen molar-refractivity contribution in [1.82, 2.24) is 35.2 Å². The monoisotopic (exact) mass is 1840 g/mol. The van der Waals surface area contributed by atoms with Crippen LogP contribution in [0.2, 0.25) is 0 Å². The summed E-state index contributed by atoms with van der Waals surface area (Å²) in [5, 5.41) is 32.7. The fourth-order valence-corrected chi connectivity index (χ4v) is 10.6. The molecule has 1 amide bonds. The minimum Gasteiger partial charge on any atom is -0.772 e. The first kappa shape index (κ1) is 115. The van der Waals surface area contributed by atoms with Gasteiger partial charge in [0.05, 0.1) is 23.1 Å². The normalized spacial score (nSPS) is 14.1. The Kier molecular flexibility index (Phi) is 59.7. The smallest absolute Gasteiger partial charge is 0.240 e. The molecule has 702 valence electrons. The highest BCUT2D eigenvalue weighted by Crippen LogP contribution is 2.28. The number of nitrogens with one attached hydrogen (secondary N) is 9. The number of aromatic nitrogens is 5. The quantitative estimate of drug-likeness (QED) is 0.0101. The summed E-state index contributed by atoms with van der Waals surface area (Å²) in [7, 11) is 0. The van der Waals surface area contributed by atoms with E-state index in [-0.39, 0.29) is 11.9 Å². The zero-order valence-electron chi connectivity index (χ0n) is 76.0. The van der Waals surface area contributed by atoms with Gasteiger partial charge < -0.3 is 99.1 Å². The molecule has 0 aliphatic carbocycles. The van der Waals surface area contributed by atoms with Crippen LogP contribution in [0, 0.1) is 0 Å². The number of anilines is 6. The van der Waals surface area contributed by atoms with Crippen LogP contribution in [0.1, 0.15) is 219 Å². The second-order valence-corrected chi connectivity index (χ2v) is 43.0. The highest BCUT2D eigenvalue weighted by atomic mass is 32.2. The number of carbonyl (C=O) groups excluding carboxylic acids is 1. The highest BCUT2D eigenvalue weighted by Gasteiger charge is 2.29. The van der Waals surface area contributed by atoms with E-state index in [4.69, 9.17) is 34.4 Å². The van der Waals surface area contributed by atoms with Crippen molar-refractivity contribution in [2.45, 2.75) is 243 Å². The Bertz CT molecular complexity index is 4020. The molecule has 10 rings (SSSR count). The lowest BCUT2D eigenvalue weighted by Gasteiger charge is -2.24. The molecule has 0 saturated carbocycles. The maximum atomic E-state index is 11.4. The summed E-state index contributed by atoms with van der Waals surface area (Å²) in [5.41, 5.74) is 48.4. The molecule has 8 aromatic rings. The highest BCUT2D eigenvalue weighted by molar-refractivity contribution is 8.00. The van der Waals surface area contributed by atoms with Crippen molar-refractivity contribution < 1.29 is 48.6 Å². The Balaban J connectivity index is 0.000000709. The third-order valence-corrected chi connectivity index (χ3v) is 23.2. The first-order valence-electron chi connectivity index (χ1n) is 42.4. The van der Waals surface area contributed by atoms with Gasteiger partial charge in [-0.3, -0.25) is 30.9 Å². The van der Waals surface area contributed by atoms with Crippen molar-refractivity contribution in [2.75, 3.05) is 103 Å². The van der Waals surface area contributed by atoms with Crippen LogP contribution in [0.4, 0.5) is 34.1 Å². The van der Waals surface area contributed by atoms with E-state index in [1.807, 2.05) is 35.4 Å². The maximum absolute atomic E-state index is 11.4. The van der Waals surface area contributed by atoms with E-state index in [0.717, 1.165) is 181 Å². The molecule has 2 aliphatic rings. The predicted octanol–water partition coefficient (Wildman–Crippen LogP) is 14.5. The topological polar surface area (TPSA) is 524 Å². The molecule has 6 unspecified atom stereocenters. The molecule has 6 atom stereocenters. The number of carbonyl (C=O) groups is 1. The molecule has 0 radical (unpaired) electrons. The van der Waals surface area contributed by atoms with Gasteiger partial charge in [-0.2, -0.15) is 15.0 Å². The molecule has 5 heterocycles. The predicted molar refractivity (Wildman–Crippen MR) is 523 cm³/mol. The number of nitrogens with two attached hydrogens (primary N) is 6. The number of nitrogens with zero attached hydrogens (tertiary/aromatic N) is 4. The van der Waals surface area contributed by atoms with E-state index >= 15 is 0 Å². The number of hydrazine groups is 1. The number of H-pyrrole nitrogens is 2. The lowest BCUT2D eigenvalue weighted by Crippen LogP contribution is -2.40. The number of aromatic amines is 2. The van der Waals surface area contributed by atoms with Crippen molar-refractivity contribution in [1.29, 1.82) is 0 Å². The van der Waals surface area contributed by atoms with Gasteiger partial charge in [0.25, 0.3) is 0 Å². The van der Waals surface area contributed by atoms with Gasteiger partial charge in [-0.1, -0.05) is 44.2 Å². The molecule has 3 aromatic heterocycles. The maximum Gasteiger partial charge on any atom is 0.240 e. The number of hydrogen-bond donors (Lipinski definition) is 15. The molecule has 5 aromatic carbocycles. The summed E-state index contributed by atoms with van der Waals surface area (Å²) < 4.78 is 99.1. The largest absolute Gasteiger partial charge is 0.772 e. The number of fused-ring (bicyclic) bond motifs is 2. The van der Waals surface area contributed by atoms with Crippen LogP contribution in [-0.2, 0) is 60.2 Å². The van der Waals surface area contributed by atoms with Crippen LogP contribution in [0.25, 0.3) is 33.2 Å². The molecule has 124 heavy (non-hydrogen) atoms. The molecule has 2 aliphatic heterocycles. The SMILES string of the molecule is CC(C)(C)S(=O)[O-].CC(C)(C)S(=O)[O-].CC(C)(C)S(=O)[O-].CC(C)(C)S(=O)[O-].CC(C)(C)S(=O)[O-].NCCCCCNc1ccc(-n2cccn2)cc1.NCCCCCNc1ccc(C2=CSNN2)cc1.NCCCCCNc1ccc(N2CCCC2C(N)=O)cc1.NCCCCCNc1ccc2[nH]ccc2c1.NCCCCCNc1ccc2[nH]ncc2c1. The van der Waals surface area contributed by atoms with E-state index in [9.17, 15) is 48.6 Å². The molecule has 21 N–H and O–H groups in total. The van der Waals surface area contributed by atoms with Gasteiger partial charge >= 0.3 is 0 Å². The molecule has 36 heteroatoms.